The van der Waals surface area contributed by atoms with E-state index >= 15 is 0 Å². The second-order valence-electron chi connectivity index (χ2n) is 11.4. The zero-order valence-corrected chi connectivity index (χ0v) is 27.3. The maximum Gasteiger partial charge on any atom is 0.342 e. The van der Waals surface area contributed by atoms with Gasteiger partial charge in [0.1, 0.15) is 22.8 Å². The number of hydrogen-bond acceptors (Lipinski definition) is 10. The lowest BCUT2D eigenvalue weighted by Crippen LogP contribution is -2.28. The van der Waals surface area contributed by atoms with Crippen molar-refractivity contribution in [2.24, 2.45) is 0 Å². The maximum atomic E-state index is 13.6. The number of nitrogens with one attached hydrogen (secondary N) is 1. The third kappa shape index (κ3) is 8.84. The molecule has 1 unspecified atom stereocenters. The molecule has 1 amide bonds. The van der Waals surface area contributed by atoms with Crippen LogP contribution in [0.1, 0.15) is 84.8 Å². The third-order valence-electron chi connectivity index (χ3n) is 8.13. The predicted octanol–water partition coefficient (Wildman–Crippen LogP) is 5.14. The Labute approximate surface area is 274 Å². The lowest BCUT2D eigenvalue weighted by molar-refractivity contribution is -0.121. The standard InChI is InChI=1S/C35H43N3O9/c1-22-9-8-12-25(39)11-7-5-6-10-23-17-27(40)32(33(42)31(23)35(43)47-22)26(20-30(41)37-14-16-38-15-13-36-21-38)24-18-28(44-2)34(46-4)29(19-24)45-3/h6,10,13,15,17-19,21-22,26,40,42H,5,7-9,11-12,14,16,20H2,1-4H3,(H,37,41)/t22-,26?/m0/s1. The van der Waals surface area contributed by atoms with Gasteiger partial charge in [0.05, 0.1) is 33.8 Å². The molecule has 4 rings (SSSR count). The smallest absolute Gasteiger partial charge is 0.342 e. The summed E-state index contributed by atoms with van der Waals surface area (Å²) in [6, 6.07) is 4.65. The second kappa shape index (κ2) is 16.5. The van der Waals surface area contributed by atoms with Crippen molar-refractivity contribution >= 4 is 23.7 Å². The highest BCUT2D eigenvalue weighted by atomic mass is 16.5. The van der Waals surface area contributed by atoms with Crippen LogP contribution >= 0.6 is 0 Å². The summed E-state index contributed by atoms with van der Waals surface area (Å²) in [4.78, 5) is 43.2. The van der Waals surface area contributed by atoms with E-state index in [2.05, 4.69) is 10.3 Å². The van der Waals surface area contributed by atoms with E-state index in [0.717, 1.165) is 0 Å². The Morgan fingerprint density at radius 1 is 1.09 bits per heavy atom. The van der Waals surface area contributed by atoms with Crippen LogP contribution in [0.5, 0.6) is 28.7 Å². The van der Waals surface area contributed by atoms with Crippen LogP contribution in [-0.2, 0) is 20.9 Å². The highest BCUT2D eigenvalue weighted by molar-refractivity contribution is 5.98. The molecule has 2 heterocycles. The highest BCUT2D eigenvalue weighted by Crippen LogP contribution is 2.47. The number of aromatic hydroxyl groups is 2. The molecule has 0 aliphatic carbocycles. The number of allylic oxidation sites excluding steroid dienone is 1. The van der Waals surface area contributed by atoms with Gasteiger partial charge in [-0.25, -0.2) is 9.78 Å². The molecule has 3 N–H and O–H groups in total. The summed E-state index contributed by atoms with van der Waals surface area (Å²) in [5.41, 5.74) is 0.537. The average Bonchev–Trinajstić information content (AvgIpc) is 3.56. The van der Waals surface area contributed by atoms with Crippen molar-refractivity contribution in [3.05, 3.63) is 65.2 Å². The number of amides is 1. The van der Waals surface area contributed by atoms with Crippen LogP contribution < -0.4 is 19.5 Å². The Balaban J connectivity index is 1.81. The van der Waals surface area contributed by atoms with Gasteiger partial charge in [0.2, 0.25) is 11.7 Å². The maximum absolute atomic E-state index is 13.6. The highest BCUT2D eigenvalue weighted by Gasteiger charge is 2.32. The second-order valence-corrected chi connectivity index (χ2v) is 11.4. The molecule has 0 bridgehead atoms. The number of aromatic nitrogens is 2. The Hall–Kier alpha value is -5.00. The number of cyclic esters (lactones) is 1. The number of hydrogen-bond donors (Lipinski definition) is 3. The molecule has 0 saturated heterocycles. The summed E-state index contributed by atoms with van der Waals surface area (Å²) in [6.45, 7) is 2.52. The molecule has 47 heavy (non-hydrogen) atoms. The van der Waals surface area contributed by atoms with Crippen LogP contribution in [0.4, 0.5) is 0 Å². The number of ketones is 1. The van der Waals surface area contributed by atoms with Crippen molar-refractivity contribution in [1.82, 2.24) is 14.9 Å². The van der Waals surface area contributed by atoms with Gasteiger partial charge in [-0.1, -0.05) is 12.2 Å². The van der Waals surface area contributed by atoms with E-state index in [0.29, 0.717) is 74.4 Å². The minimum atomic E-state index is -0.962. The summed E-state index contributed by atoms with van der Waals surface area (Å²) < 4.78 is 24.1. The van der Waals surface area contributed by atoms with E-state index in [1.54, 1.807) is 49.9 Å². The zero-order chi connectivity index (χ0) is 33.9. The minimum Gasteiger partial charge on any atom is -0.507 e. The molecule has 0 fully saturated rings. The van der Waals surface area contributed by atoms with Crippen molar-refractivity contribution in [3.8, 4) is 28.7 Å². The monoisotopic (exact) mass is 649 g/mol. The molecule has 1 aliphatic rings. The number of ether oxygens (including phenoxy) is 4. The summed E-state index contributed by atoms with van der Waals surface area (Å²) >= 11 is 0. The van der Waals surface area contributed by atoms with Crippen LogP contribution in [0.25, 0.3) is 6.08 Å². The van der Waals surface area contributed by atoms with Gasteiger partial charge in [-0.05, 0) is 61.9 Å². The molecule has 12 heteroatoms. The molecule has 0 radical (unpaired) electrons. The predicted molar refractivity (Wildman–Crippen MR) is 174 cm³/mol. The fourth-order valence-electron chi connectivity index (χ4n) is 5.71. The van der Waals surface area contributed by atoms with E-state index < -0.39 is 23.7 Å². The summed E-state index contributed by atoms with van der Waals surface area (Å²) in [5.74, 6) is -1.85. The molecular formula is C35H43N3O9. The Bertz CT molecular complexity index is 1560. The van der Waals surface area contributed by atoms with Crippen molar-refractivity contribution < 1.29 is 43.5 Å². The largest absolute Gasteiger partial charge is 0.507 e. The summed E-state index contributed by atoms with van der Waals surface area (Å²) in [7, 11) is 4.38. The van der Waals surface area contributed by atoms with Crippen LogP contribution in [0, 0.1) is 0 Å². The Kier molecular flexibility index (Phi) is 12.3. The zero-order valence-electron chi connectivity index (χ0n) is 27.3. The van der Waals surface area contributed by atoms with Gasteiger partial charge in [0.25, 0.3) is 0 Å². The Morgan fingerprint density at radius 3 is 2.47 bits per heavy atom. The number of benzene rings is 2. The van der Waals surface area contributed by atoms with Gasteiger partial charge < -0.3 is 39.0 Å². The number of rotatable bonds is 10. The number of fused-ring (bicyclic) bond motifs is 1. The molecule has 252 valence electrons. The first-order valence-electron chi connectivity index (χ1n) is 15.7. The van der Waals surface area contributed by atoms with Crippen molar-refractivity contribution in [3.63, 3.8) is 0 Å². The SMILES string of the molecule is COc1cc(C(CC(=O)NCCn2ccnc2)c2c(O)cc3c(c2O)C(=O)O[C@@H](C)CCCC(=O)CCCC=C3)cc(OC)c1OC. The van der Waals surface area contributed by atoms with E-state index in [4.69, 9.17) is 18.9 Å². The summed E-state index contributed by atoms with van der Waals surface area (Å²) in [6.07, 6.45) is 10.8. The van der Waals surface area contributed by atoms with Crippen molar-refractivity contribution in [2.45, 2.75) is 70.4 Å². The van der Waals surface area contributed by atoms with Crippen LogP contribution in [0.15, 0.2) is 43.0 Å². The molecule has 12 nitrogen and oxygen atoms in total. The van der Waals surface area contributed by atoms with Crippen LogP contribution in [0.3, 0.4) is 0 Å². The lowest BCUT2D eigenvalue weighted by atomic mass is 9.84. The average molecular weight is 650 g/mol. The lowest BCUT2D eigenvalue weighted by Gasteiger charge is -2.24. The number of Topliss-reactive ketones (excluding diaryl/α,β-unsaturated/α-hetero) is 1. The third-order valence-corrected chi connectivity index (χ3v) is 8.13. The number of carbonyl (C=O) groups is 3. The van der Waals surface area contributed by atoms with E-state index in [1.807, 2.05) is 4.57 Å². The van der Waals surface area contributed by atoms with Crippen LogP contribution in [0.2, 0.25) is 0 Å². The summed E-state index contributed by atoms with van der Waals surface area (Å²) in [5, 5.41) is 26.2. The number of imidazole rings is 1. The van der Waals surface area contributed by atoms with Gasteiger partial charge in [-0.2, -0.15) is 0 Å². The van der Waals surface area contributed by atoms with Gasteiger partial charge in [0.15, 0.2) is 11.5 Å². The minimum absolute atomic E-state index is 0.0347. The number of phenols is 2. The van der Waals surface area contributed by atoms with E-state index in [9.17, 15) is 24.6 Å². The first-order chi connectivity index (χ1) is 22.7. The first-order valence-corrected chi connectivity index (χ1v) is 15.7. The van der Waals surface area contributed by atoms with Gasteiger partial charge >= 0.3 is 5.97 Å². The van der Waals surface area contributed by atoms with Crippen LogP contribution in [-0.4, -0.2) is 71.4 Å². The molecule has 1 aliphatic heterocycles. The molecule has 1 aromatic heterocycles. The molecule has 2 aromatic carbocycles. The van der Waals surface area contributed by atoms with Gasteiger partial charge in [-0.15, -0.1) is 0 Å². The normalized spacial score (nSPS) is 16.4. The van der Waals surface area contributed by atoms with Crippen molar-refractivity contribution in [1.29, 1.82) is 0 Å². The molecule has 3 aromatic rings. The number of nitrogens with zero attached hydrogens (tertiary/aromatic N) is 2. The van der Waals surface area contributed by atoms with Gasteiger partial charge in [-0.3, -0.25) is 9.59 Å². The quantitative estimate of drug-likeness (QED) is 0.251. The number of phenolic OH excluding ortho intramolecular Hbond substituents is 2. The number of carbonyl (C=O) groups excluding carboxylic acids is 3. The van der Waals surface area contributed by atoms with E-state index in [-0.39, 0.29) is 40.6 Å². The molecule has 0 spiro atoms. The fraction of sp³-hybridized carbons (Fsp3) is 0.429. The number of esters is 1. The molecule has 0 saturated carbocycles. The van der Waals surface area contributed by atoms with Crippen molar-refractivity contribution in [2.75, 3.05) is 27.9 Å². The fourth-order valence-corrected chi connectivity index (χ4v) is 5.71. The number of methoxy groups -OCH3 is 3. The van der Waals surface area contributed by atoms with E-state index in [1.165, 1.54) is 27.4 Å². The topological polar surface area (TPSA) is 158 Å². The molecule has 2 atom stereocenters. The first kappa shape index (κ1) is 34.9. The van der Waals surface area contributed by atoms with Gasteiger partial charge in [0, 0.05) is 56.2 Å². The molecular weight excluding hydrogens is 606 g/mol. The Morgan fingerprint density at radius 2 is 1.81 bits per heavy atom.